The Kier molecular flexibility index (Phi) is 10.2. The third kappa shape index (κ3) is 8.48. The van der Waals surface area contributed by atoms with Gasteiger partial charge in [0.2, 0.25) is 0 Å². The molecule has 4 nitrogen and oxygen atoms in total. The van der Waals surface area contributed by atoms with Crippen molar-refractivity contribution in [3.63, 3.8) is 0 Å². The van der Waals surface area contributed by atoms with E-state index in [0.29, 0.717) is 0 Å². The first-order valence-electron chi connectivity index (χ1n) is 10.2. The molecule has 1 atom stereocenters. The van der Waals surface area contributed by atoms with E-state index in [1.54, 1.807) is 0 Å². The molecule has 0 saturated carbocycles. The van der Waals surface area contributed by atoms with Gasteiger partial charge in [0, 0.05) is 19.1 Å². The van der Waals surface area contributed by atoms with Gasteiger partial charge in [-0.3, -0.25) is 0 Å². The van der Waals surface area contributed by atoms with Crippen molar-refractivity contribution >= 4 is 0 Å². The van der Waals surface area contributed by atoms with Gasteiger partial charge in [-0.05, 0) is 91.3 Å². The minimum atomic E-state index is 0.810. The Morgan fingerprint density at radius 3 is 2.09 bits per heavy atom. The summed E-state index contributed by atoms with van der Waals surface area (Å²) in [4.78, 5) is 5.30. The summed E-state index contributed by atoms with van der Waals surface area (Å²) in [5.41, 5.74) is 0. The first kappa shape index (κ1) is 19.2. The average molecular weight is 325 g/mol. The Bertz CT molecular complexity index is 279. The maximum atomic E-state index is 3.58. The smallest absolute Gasteiger partial charge is 0.00767 e. The largest absolute Gasteiger partial charge is 0.315 e. The van der Waals surface area contributed by atoms with Gasteiger partial charge in [0.05, 0.1) is 0 Å². The van der Waals surface area contributed by atoms with Crippen LogP contribution in [-0.2, 0) is 0 Å². The minimum absolute atomic E-state index is 0.810. The van der Waals surface area contributed by atoms with Gasteiger partial charge >= 0.3 is 0 Å². The highest BCUT2D eigenvalue weighted by atomic mass is 15.2. The van der Waals surface area contributed by atoms with Crippen molar-refractivity contribution in [2.75, 3.05) is 58.9 Å². The Labute approximate surface area is 144 Å². The molecule has 2 saturated heterocycles. The van der Waals surface area contributed by atoms with Gasteiger partial charge in [0.15, 0.2) is 0 Å². The SMILES string of the molecule is CC1CCCCN1CCCNCCNCCCN1CCCCC1. The summed E-state index contributed by atoms with van der Waals surface area (Å²) >= 11 is 0. The van der Waals surface area contributed by atoms with E-state index in [1.165, 1.54) is 97.2 Å². The number of hydrogen-bond donors (Lipinski definition) is 2. The van der Waals surface area contributed by atoms with Gasteiger partial charge in [-0.2, -0.15) is 0 Å². The molecule has 0 amide bonds. The molecule has 2 fully saturated rings. The Morgan fingerprint density at radius 1 is 0.739 bits per heavy atom. The minimum Gasteiger partial charge on any atom is -0.315 e. The molecule has 2 aliphatic heterocycles. The summed E-state index contributed by atoms with van der Waals surface area (Å²) in [6.07, 6.45) is 11.1. The molecule has 1 unspecified atom stereocenters. The van der Waals surface area contributed by atoms with Crippen LogP contribution in [0, 0.1) is 0 Å². The normalized spacial score (nSPS) is 24.1. The van der Waals surface area contributed by atoms with Crippen molar-refractivity contribution in [1.29, 1.82) is 0 Å². The van der Waals surface area contributed by atoms with Crippen LogP contribution in [0.2, 0.25) is 0 Å². The third-order valence-electron chi connectivity index (χ3n) is 5.49. The molecule has 0 radical (unpaired) electrons. The Hall–Kier alpha value is -0.160. The molecule has 23 heavy (non-hydrogen) atoms. The summed E-state index contributed by atoms with van der Waals surface area (Å²) in [6, 6.07) is 0.810. The molecule has 0 aromatic heterocycles. The van der Waals surface area contributed by atoms with Crippen LogP contribution in [0.1, 0.15) is 58.3 Å². The first-order valence-corrected chi connectivity index (χ1v) is 10.2. The second-order valence-corrected chi connectivity index (χ2v) is 7.49. The average Bonchev–Trinajstić information content (AvgIpc) is 2.59. The lowest BCUT2D eigenvalue weighted by atomic mass is 10.0. The summed E-state index contributed by atoms with van der Waals surface area (Å²) < 4.78 is 0. The molecule has 2 heterocycles. The van der Waals surface area contributed by atoms with Crippen LogP contribution >= 0.6 is 0 Å². The second-order valence-electron chi connectivity index (χ2n) is 7.49. The van der Waals surface area contributed by atoms with Crippen LogP contribution in [0.4, 0.5) is 0 Å². The van der Waals surface area contributed by atoms with Crippen LogP contribution in [0.25, 0.3) is 0 Å². The molecule has 2 rings (SSSR count). The number of rotatable bonds is 11. The van der Waals surface area contributed by atoms with Gasteiger partial charge in [-0.15, -0.1) is 0 Å². The lowest BCUT2D eigenvalue weighted by Crippen LogP contribution is -2.39. The van der Waals surface area contributed by atoms with Gasteiger partial charge in [0.25, 0.3) is 0 Å². The van der Waals surface area contributed by atoms with Crippen molar-refractivity contribution < 1.29 is 0 Å². The van der Waals surface area contributed by atoms with E-state index in [2.05, 4.69) is 27.4 Å². The summed E-state index contributed by atoms with van der Waals surface area (Å²) in [5, 5.41) is 7.15. The first-order chi connectivity index (χ1) is 11.4. The number of hydrogen-bond acceptors (Lipinski definition) is 4. The van der Waals surface area contributed by atoms with Gasteiger partial charge in [-0.1, -0.05) is 12.8 Å². The Balaban J connectivity index is 1.31. The Morgan fingerprint density at radius 2 is 1.39 bits per heavy atom. The zero-order valence-electron chi connectivity index (χ0n) is 15.5. The van der Waals surface area contributed by atoms with Crippen LogP contribution < -0.4 is 10.6 Å². The molecule has 2 aliphatic rings. The number of nitrogens with one attached hydrogen (secondary N) is 2. The van der Waals surface area contributed by atoms with Crippen molar-refractivity contribution in [2.45, 2.75) is 64.3 Å². The van der Waals surface area contributed by atoms with Gasteiger partial charge < -0.3 is 20.4 Å². The molecule has 0 spiro atoms. The van der Waals surface area contributed by atoms with E-state index in [4.69, 9.17) is 0 Å². The summed E-state index contributed by atoms with van der Waals surface area (Å²) in [6.45, 7) is 13.5. The van der Waals surface area contributed by atoms with E-state index in [9.17, 15) is 0 Å². The van der Waals surface area contributed by atoms with Crippen LogP contribution in [0.15, 0.2) is 0 Å². The standard InChI is InChI=1S/C19H40N4/c1-19-9-3-6-17-23(19)18-8-11-21-13-12-20-10-7-16-22-14-4-2-5-15-22/h19-21H,2-18H2,1H3. The molecule has 0 aliphatic carbocycles. The topological polar surface area (TPSA) is 30.5 Å². The fraction of sp³-hybridized carbons (Fsp3) is 1.00. The van der Waals surface area contributed by atoms with Crippen molar-refractivity contribution in [2.24, 2.45) is 0 Å². The van der Waals surface area contributed by atoms with E-state index < -0.39 is 0 Å². The maximum absolute atomic E-state index is 3.58. The lowest BCUT2D eigenvalue weighted by Gasteiger charge is -2.33. The molecule has 0 bridgehead atoms. The predicted octanol–water partition coefficient (Wildman–Crippen LogP) is 2.31. The van der Waals surface area contributed by atoms with Crippen molar-refractivity contribution in [3.8, 4) is 0 Å². The quantitative estimate of drug-likeness (QED) is 0.571. The van der Waals surface area contributed by atoms with Gasteiger partial charge in [-0.25, -0.2) is 0 Å². The van der Waals surface area contributed by atoms with Gasteiger partial charge in [0.1, 0.15) is 0 Å². The molecule has 0 aromatic rings. The zero-order valence-corrected chi connectivity index (χ0v) is 15.5. The third-order valence-corrected chi connectivity index (χ3v) is 5.49. The number of nitrogens with zero attached hydrogens (tertiary/aromatic N) is 2. The highest BCUT2D eigenvalue weighted by Crippen LogP contribution is 2.15. The molecule has 4 heteroatoms. The summed E-state index contributed by atoms with van der Waals surface area (Å²) in [7, 11) is 0. The zero-order chi connectivity index (χ0) is 16.2. The fourth-order valence-electron chi connectivity index (χ4n) is 3.93. The second kappa shape index (κ2) is 12.2. The number of piperidine rings is 2. The van der Waals surface area contributed by atoms with Crippen LogP contribution in [-0.4, -0.2) is 74.7 Å². The molecule has 0 aromatic carbocycles. The maximum Gasteiger partial charge on any atom is 0.00767 e. The monoisotopic (exact) mass is 324 g/mol. The number of likely N-dealkylation sites (tertiary alicyclic amines) is 2. The molecule has 136 valence electrons. The molecular weight excluding hydrogens is 284 g/mol. The van der Waals surface area contributed by atoms with E-state index in [-0.39, 0.29) is 0 Å². The molecule has 2 N–H and O–H groups in total. The predicted molar refractivity (Wildman–Crippen MR) is 100 cm³/mol. The van der Waals surface area contributed by atoms with Crippen molar-refractivity contribution in [1.82, 2.24) is 20.4 Å². The van der Waals surface area contributed by atoms with E-state index >= 15 is 0 Å². The van der Waals surface area contributed by atoms with Crippen LogP contribution in [0.3, 0.4) is 0 Å². The van der Waals surface area contributed by atoms with Crippen LogP contribution in [0.5, 0.6) is 0 Å². The van der Waals surface area contributed by atoms with E-state index in [0.717, 1.165) is 19.1 Å². The molecular formula is C19H40N4. The van der Waals surface area contributed by atoms with E-state index in [1.807, 2.05) is 0 Å². The highest BCUT2D eigenvalue weighted by molar-refractivity contribution is 4.73. The summed E-state index contributed by atoms with van der Waals surface area (Å²) in [5.74, 6) is 0. The van der Waals surface area contributed by atoms with Crippen molar-refractivity contribution in [3.05, 3.63) is 0 Å². The fourth-order valence-corrected chi connectivity index (χ4v) is 3.93. The highest BCUT2D eigenvalue weighted by Gasteiger charge is 2.16. The lowest BCUT2D eigenvalue weighted by molar-refractivity contribution is 0.159.